The van der Waals surface area contributed by atoms with Crippen LogP contribution in [0.4, 0.5) is 17.1 Å². The molecule has 86 valence electrons. The van der Waals surface area contributed by atoms with Crippen molar-refractivity contribution < 1.29 is 14.6 Å². The standard InChI is InChI=1S/C7H3N5O5/c8-10-9-5-1-2-6(11(14)15)4(3-13)7(5)12(16)17/h1-3H. The molecule has 1 aromatic rings. The van der Waals surface area contributed by atoms with E-state index in [2.05, 4.69) is 10.0 Å². The average molecular weight is 237 g/mol. The van der Waals surface area contributed by atoms with E-state index in [1.807, 2.05) is 0 Å². The number of rotatable bonds is 4. The Bertz CT molecular complexity index is 562. The highest BCUT2D eigenvalue weighted by molar-refractivity contribution is 5.91. The van der Waals surface area contributed by atoms with Gasteiger partial charge in [0.15, 0.2) is 11.8 Å². The molecular weight excluding hydrogens is 234 g/mol. The van der Waals surface area contributed by atoms with Gasteiger partial charge >= 0.3 is 0 Å². The minimum Gasteiger partial charge on any atom is -0.297 e. The van der Waals surface area contributed by atoms with Gasteiger partial charge in [-0.05, 0) is 11.6 Å². The Morgan fingerprint density at radius 2 is 1.94 bits per heavy atom. The van der Waals surface area contributed by atoms with Crippen molar-refractivity contribution in [1.82, 2.24) is 0 Å². The molecule has 0 aliphatic rings. The van der Waals surface area contributed by atoms with Gasteiger partial charge < -0.3 is 0 Å². The Labute approximate surface area is 92.4 Å². The summed E-state index contributed by atoms with van der Waals surface area (Å²) in [6.45, 7) is 0. The van der Waals surface area contributed by atoms with Crippen LogP contribution in [-0.2, 0) is 0 Å². The van der Waals surface area contributed by atoms with Gasteiger partial charge in [-0.3, -0.25) is 25.0 Å². The molecule has 10 nitrogen and oxygen atoms in total. The summed E-state index contributed by atoms with van der Waals surface area (Å²) < 4.78 is 0. The lowest BCUT2D eigenvalue weighted by molar-refractivity contribution is -0.394. The molecule has 0 aromatic heterocycles. The highest BCUT2D eigenvalue weighted by Gasteiger charge is 2.27. The van der Waals surface area contributed by atoms with Crippen molar-refractivity contribution >= 4 is 23.3 Å². The maximum Gasteiger partial charge on any atom is 0.296 e. The predicted molar refractivity (Wildman–Crippen MR) is 53.9 cm³/mol. The van der Waals surface area contributed by atoms with Crippen LogP contribution >= 0.6 is 0 Å². The van der Waals surface area contributed by atoms with Crippen molar-refractivity contribution in [3.05, 3.63) is 48.4 Å². The van der Waals surface area contributed by atoms with E-state index in [9.17, 15) is 25.0 Å². The third-order valence-electron chi connectivity index (χ3n) is 1.82. The van der Waals surface area contributed by atoms with Crippen LogP contribution in [0.25, 0.3) is 10.4 Å². The Morgan fingerprint density at radius 3 is 2.35 bits per heavy atom. The number of hydrogen-bond donors (Lipinski definition) is 0. The number of carbonyl (C=O) groups is 1. The summed E-state index contributed by atoms with van der Waals surface area (Å²) in [6, 6.07) is 1.77. The van der Waals surface area contributed by atoms with E-state index in [0.29, 0.717) is 0 Å². The lowest BCUT2D eigenvalue weighted by Gasteiger charge is -2.00. The Balaban J connectivity index is 3.72. The van der Waals surface area contributed by atoms with Crippen molar-refractivity contribution in [2.75, 3.05) is 0 Å². The topological polar surface area (TPSA) is 152 Å². The third-order valence-corrected chi connectivity index (χ3v) is 1.82. The molecular formula is C7H3N5O5. The first-order chi connectivity index (χ1) is 8.02. The van der Waals surface area contributed by atoms with Crippen LogP contribution in [-0.4, -0.2) is 16.1 Å². The summed E-state index contributed by atoms with van der Waals surface area (Å²) in [5, 5.41) is 24.2. The van der Waals surface area contributed by atoms with Gasteiger partial charge in [0.1, 0.15) is 5.69 Å². The van der Waals surface area contributed by atoms with Gasteiger partial charge in [0.2, 0.25) is 0 Å². The van der Waals surface area contributed by atoms with Crippen molar-refractivity contribution in [3.63, 3.8) is 0 Å². The van der Waals surface area contributed by atoms with Gasteiger partial charge in [0, 0.05) is 11.0 Å². The second kappa shape index (κ2) is 4.68. The quantitative estimate of drug-likeness (QED) is 0.196. The highest BCUT2D eigenvalue weighted by atomic mass is 16.6. The molecule has 0 saturated heterocycles. The first-order valence-electron chi connectivity index (χ1n) is 3.99. The fourth-order valence-corrected chi connectivity index (χ4v) is 1.18. The second-order valence-electron chi connectivity index (χ2n) is 2.69. The Hall–Kier alpha value is -3.00. The van der Waals surface area contributed by atoms with E-state index in [1.54, 1.807) is 0 Å². The minimum atomic E-state index is -1.01. The molecule has 17 heavy (non-hydrogen) atoms. The molecule has 0 aliphatic carbocycles. The molecule has 1 rings (SSSR count). The van der Waals surface area contributed by atoms with Crippen molar-refractivity contribution in [2.45, 2.75) is 0 Å². The molecule has 10 heteroatoms. The summed E-state index contributed by atoms with van der Waals surface area (Å²) in [7, 11) is 0. The minimum absolute atomic E-state index is 0.0212. The van der Waals surface area contributed by atoms with Crippen LogP contribution in [0.2, 0.25) is 0 Å². The third kappa shape index (κ3) is 2.16. The number of nitro groups is 2. The average Bonchev–Trinajstić information content (AvgIpc) is 2.27. The van der Waals surface area contributed by atoms with Crippen molar-refractivity contribution in [3.8, 4) is 0 Å². The van der Waals surface area contributed by atoms with Crippen LogP contribution in [0.5, 0.6) is 0 Å². The predicted octanol–water partition coefficient (Wildman–Crippen LogP) is 2.26. The number of azide groups is 1. The molecule has 0 bridgehead atoms. The first-order valence-corrected chi connectivity index (χ1v) is 3.99. The normalized spacial score (nSPS) is 9.18. The van der Waals surface area contributed by atoms with Crippen molar-refractivity contribution in [2.24, 2.45) is 5.11 Å². The van der Waals surface area contributed by atoms with Crippen molar-refractivity contribution in [1.29, 1.82) is 0 Å². The maximum atomic E-state index is 10.7. The summed E-state index contributed by atoms with van der Waals surface area (Å²) >= 11 is 0. The highest BCUT2D eigenvalue weighted by Crippen LogP contribution is 2.35. The van der Waals surface area contributed by atoms with E-state index in [-0.39, 0.29) is 6.29 Å². The second-order valence-corrected chi connectivity index (χ2v) is 2.69. The number of benzene rings is 1. The van der Waals surface area contributed by atoms with Crippen LogP contribution in [0, 0.1) is 20.2 Å². The van der Waals surface area contributed by atoms with E-state index in [4.69, 9.17) is 5.53 Å². The van der Waals surface area contributed by atoms with Gasteiger partial charge in [-0.1, -0.05) is 5.11 Å². The molecule has 0 spiro atoms. The number of nitrogens with zero attached hydrogens (tertiary/aromatic N) is 5. The van der Waals surface area contributed by atoms with Gasteiger partial charge in [-0.25, -0.2) is 0 Å². The lowest BCUT2D eigenvalue weighted by Crippen LogP contribution is -2.00. The molecule has 1 aromatic carbocycles. The van der Waals surface area contributed by atoms with E-state index in [1.165, 1.54) is 0 Å². The molecule has 0 aliphatic heterocycles. The first kappa shape index (κ1) is 12.1. The number of hydrogen-bond acceptors (Lipinski definition) is 6. The van der Waals surface area contributed by atoms with Gasteiger partial charge in [-0.15, -0.1) is 0 Å². The Morgan fingerprint density at radius 1 is 1.29 bits per heavy atom. The largest absolute Gasteiger partial charge is 0.297 e. The molecule has 0 amide bonds. The van der Waals surface area contributed by atoms with E-state index in [0.717, 1.165) is 12.1 Å². The summed E-state index contributed by atoms with van der Waals surface area (Å²) in [5.41, 5.74) is 5.40. The van der Waals surface area contributed by atoms with Crippen LogP contribution in [0.3, 0.4) is 0 Å². The zero-order chi connectivity index (χ0) is 13.0. The molecule has 0 heterocycles. The Kier molecular flexibility index (Phi) is 3.32. The van der Waals surface area contributed by atoms with Gasteiger partial charge in [-0.2, -0.15) is 0 Å². The summed E-state index contributed by atoms with van der Waals surface area (Å²) in [5.74, 6) is 0. The lowest BCUT2D eigenvalue weighted by atomic mass is 10.1. The monoisotopic (exact) mass is 237 g/mol. The molecule has 0 fully saturated rings. The molecule has 0 saturated carbocycles. The summed E-state index contributed by atoms with van der Waals surface area (Å²) in [6.07, 6.45) is -0.0212. The molecule has 0 radical (unpaired) electrons. The molecule has 0 unspecified atom stereocenters. The molecule has 0 atom stereocenters. The van der Waals surface area contributed by atoms with Gasteiger partial charge in [0.05, 0.1) is 9.85 Å². The van der Waals surface area contributed by atoms with Crippen LogP contribution < -0.4 is 0 Å². The number of nitro benzene ring substituents is 2. The number of aldehydes is 1. The zero-order valence-electron chi connectivity index (χ0n) is 8.01. The van der Waals surface area contributed by atoms with Crippen LogP contribution in [0.15, 0.2) is 17.2 Å². The fourth-order valence-electron chi connectivity index (χ4n) is 1.18. The smallest absolute Gasteiger partial charge is 0.296 e. The van der Waals surface area contributed by atoms with Crippen LogP contribution in [0.1, 0.15) is 10.4 Å². The fraction of sp³-hybridized carbons (Fsp3) is 0. The SMILES string of the molecule is [N-]=[N+]=Nc1ccc([N+](=O)[O-])c(C=O)c1[N+](=O)[O-]. The van der Waals surface area contributed by atoms with E-state index < -0.39 is 32.5 Å². The molecule has 0 N–H and O–H groups in total. The maximum absolute atomic E-state index is 10.7. The zero-order valence-corrected chi connectivity index (χ0v) is 8.01. The van der Waals surface area contributed by atoms with Gasteiger partial charge in [0.25, 0.3) is 11.4 Å². The van der Waals surface area contributed by atoms with E-state index >= 15 is 0 Å². The number of carbonyl (C=O) groups excluding carboxylic acids is 1. The summed E-state index contributed by atoms with van der Waals surface area (Å²) in [4.78, 5) is 32.3.